The maximum absolute atomic E-state index is 12.8. The standard InChI is InChI=1S/C26H28N2O5/c29-23(27-15-26(12-13-26)24(30)31)22(16-6-5-7-16)28-25(32)33-14-21-19-10-3-1-8-17(19)18-9-2-4-11-20(18)21/h1-4,8-11,16,21-22H,5-7,12-15H2,(H,27,29)(H,28,32)(H,30,31). The number of ether oxygens (including phenoxy) is 1. The predicted octanol–water partition coefficient (Wildman–Crippen LogP) is 3.67. The minimum Gasteiger partial charge on any atom is -0.481 e. The summed E-state index contributed by atoms with van der Waals surface area (Å²) in [7, 11) is 0. The number of fused-ring (bicyclic) bond motifs is 3. The molecule has 2 aromatic rings. The minimum atomic E-state index is -0.882. The van der Waals surface area contributed by atoms with Crippen molar-refractivity contribution in [2.45, 2.75) is 44.1 Å². The van der Waals surface area contributed by atoms with Crippen LogP contribution in [-0.4, -0.2) is 42.3 Å². The van der Waals surface area contributed by atoms with Crippen LogP contribution in [-0.2, 0) is 14.3 Å². The first-order chi connectivity index (χ1) is 16.0. The number of carbonyl (C=O) groups is 3. The smallest absolute Gasteiger partial charge is 0.407 e. The molecule has 3 aliphatic rings. The predicted molar refractivity (Wildman–Crippen MR) is 122 cm³/mol. The van der Waals surface area contributed by atoms with E-state index in [2.05, 4.69) is 34.9 Å². The van der Waals surface area contributed by atoms with Gasteiger partial charge in [0.05, 0.1) is 5.41 Å². The number of benzene rings is 2. The van der Waals surface area contributed by atoms with Gasteiger partial charge in [-0.05, 0) is 53.9 Å². The summed E-state index contributed by atoms with van der Waals surface area (Å²) in [5, 5.41) is 14.8. The molecule has 2 amide bonds. The number of aliphatic carboxylic acids is 1. The van der Waals surface area contributed by atoms with Crippen molar-refractivity contribution in [1.29, 1.82) is 0 Å². The molecule has 0 saturated heterocycles. The second kappa shape index (κ2) is 8.54. The molecule has 3 N–H and O–H groups in total. The largest absolute Gasteiger partial charge is 0.481 e. The summed E-state index contributed by atoms with van der Waals surface area (Å²) in [6.07, 6.45) is 3.23. The van der Waals surface area contributed by atoms with Crippen LogP contribution in [0.5, 0.6) is 0 Å². The fourth-order valence-electron chi connectivity index (χ4n) is 4.92. The summed E-state index contributed by atoms with van der Waals surface area (Å²) in [5.41, 5.74) is 3.72. The molecular weight excluding hydrogens is 420 g/mol. The van der Waals surface area contributed by atoms with Crippen molar-refractivity contribution in [2.24, 2.45) is 11.3 Å². The fourth-order valence-corrected chi connectivity index (χ4v) is 4.92. The Morgan fingerprint density at radius 2 is 1.61 bits per heavy atom. The molecule has 33 heavy (non-hydrogen) atoms. The van der Waals surface area contributed by atoms with E-state index < -0.39 is 23.5 Å². The number of carboxylic acid groups (broad SMARTS) is 1. The normalized spacial score (nSPS) is 18.9. The van der Waals surface area contributed by atoms with Crippen molar-refractivity contribution in [3.8, 4) is 11.1 Å². The topological polar surface area (TPSA) is 105 Å². The van der Waals surface area contributed by atoms with E-state index in [9.17, 15) is 19.5 Å². The Kier molecular flexibility index (Phi) is 5.56. The number of carboxylic acids is 1. The van der Waals surface area contributed by atoms with Gasteiger partial charge in [-0.2, -0.15) is 0 Å². The van der Waals surface area contributed by atoms with E-state index in [0.29, 0.717) is 12.8 Å². The number of hydrogen-bond donors (Lipinski definition) is 3. The van der Waals surface area contributed by atoms with Gasteiger partial charge in [0.2, 0.25) is 5.91 Å². The number of hydrogen-bond acceptors (Lipinski definition) is 4. The van der Waals surface area contributed by atoms with Crippen LogP contribution >= 0.6 is 0 Å². The van der Waals surface area contributed by atoms with Crippen LogP contribution in [0.25, 0.3) is 11.1 Å². The van der Waals surface area contributed by atoms with E-state index in [4.69, 9.17) is 4.74 Å². The highest BCUT2D eigenvalue weighted by Gasteiger charge is 2.50. The summed E-state index contributed by atoms with van der Waals surface area (Å²) in [6.45, 7) is 0.276. The van der Waals surface area contributed by atoms with Gasteiger partial charge in [0.25, 0.3) is 0 Å². The van der Waals surface area contributed by atoms with Gasteiger partial charge in [-0.15, -0.1) is 0 Å². The first-order valence-electron chi connectivity index (χ1n) is 11.6. The summed E-state index contributed by atoms with van der Waals surface area (Å²) in [6, 6.07) is 15.5. The molecule has 3 aliphatic carbocycles. The molecule has 1 atom stereocenters. The molecule has 2 fully saturated rings. The number of rotatable bonds is 8. The highest BCUT2D eigenvalue weighted by atomic mass is 16.5. The van der Waals surface area contributed by atoms with E-state index in [0.717, 1.165) is 41.5 Å². The molecule has 2 saturated carbocycles. The van der Waals surface area contributed by atoms with Crippen molar-refractivity contribution < 1.29 is 24.2 Å². The quantitative estimate of drug-likeness (QED) is 0.572. The number of alkyl carbamates (subject to hydrolysis) is 1. The van der Waals surface area contributed by atoms with Crippen LogP contribution in [0.2, 0.25) is 0 Å². The second-order valence-electron chi connectivity index (χ2n) is 9.44. The third-order valence-corrected chi connectivity index (χ3v) is 7.43. The zero-order chi connectivity index (χ0) is 23.0. The molecule has 0 radical (unpaired) electrons. The molecule has 172 valence electrons. The van der Waals surface area contributed by atoms with Gasteiger partial charge in [0.1, 0.15) is 12.6 Å². The fraction of sp³-hybridized carbons (Fsp3) is 0.423. The van der Waals surface area contributed by atoms with Gasteiger partial charge in [-0.25, -0.2) is 4.79 Å². The van der Waals surface area contributed by atoms with Gasteiger partial charge < -0.3 is 20.5 Å². The maximum Gasteiger partial charge on any atom is 0.407 e. The SMILES string of the molecule is O=C(NC(C(=O)NCC1(C(=O)O)CC1)C1CCC1)OCC1c2ccccc2-c2ccccc21. The first-order valence-corrected chi connectivity index (χ1v) is 11.6. The monoisotopic (exact) mass is 448 g/mol. The van der Waals surface area contributed by atoms with Crippen molar-refractivity contribution in [1.82, 2.24) is 10.6 Å². The van der Waals surface area contributed by atoms with Crippen LogP contribution in [0.4, 0.5) is 4.79 Å². The molecule has 0 heterocycles. The van der Waals surface area contributed by atoms with Crippen LogP contribution in [0.15, 0.2) is 48.5 Å². The van der Waals surface area contributed by atoms with Crippen LogP contribution < -0.4 is 10.6 Å². The van der Waals surface area contributed by atoms with Gasteiger partial charge in [0.15, 0.2) is 0 Å². The Morgan fingerprint density at radius 1 is 1.00 bits per heavy atom. The zero-order valence-corrected chi connectivity index (χ0v) is 18.4. The molecular formula is C26H28N2O5. The van der Waals surface area contributed by atoms with Crippen LogP contribution in [0.3, 0.4) is 0 Å². The average Bonchev–Trinajstić information content (AvgIpc) is 3.52. The van der Waals surface area contributed by atoms with Gasteiger partial charge >= 0.3 is 12.1 Å². The third kappa shape index (κ3) is 4.08. The molecule has 0 aliphatic heterocycles. The molecule has 0 aromatic heterocycles. The van der Waals surface area contributed by atoms with E-state index in [1.165, 1.54) is 0 Å². The lowest BCUT2D eigenvalue weighted by molar-refractivity contribution is -0.143. The van der Waals surface area contributed by atoms with E-state index in [-0.39, 0.29) is 30.9 Å². The Labute approximate surface area is 192 Å². The summed E-state index contributed by atoms with van der Waals surface area (Å²) >= 11 is 0. The molecule has 5 rings (SSSR count). The molecule has 1 unspecified atom stereocenters. The lowest BCUT2D eigenvalue weighted by atomic mass is 9.79. The van der Waals surface area contributed by atoms with E-state index in [1.807, 2.05) is 24.3 Å². The third-order valence-electron chi connectivity index (χ3n) is 7.43. The van der Waals surface area contributed by atoms with Crippen LogP contribution in [0, 0.1) is 11.3 Å². The molecule has 0 spiro atoms. The van der Waals surface area contributed by atoms with Gasteiger partial charge in [-0.1, -0.05) is 55.0 Å². The van der Waals surface area contributed by atoms with Crippen molar-refractivity contribution in [2.75, 3.05) is 13.2 Å². The van der Waals surface area contributed by atoms with Gasteiger partial charge in [0, 0.05) is 12.5 Å². The van der Waals surface area contributed by atoms with E-state index >= 15 is 0 Å². The van der Waals surface area contributed by atoms with Crippen molar-refractivity contribution in [3.63, 3.8) is 0 Å². The Bertz CT molecular complexity index is 1040. The Morgan fingerprint density at radius 3 is 2.12 bits per heavy atom. The highest BCUT2D eigenvalue weighted by Crippen LogP contribution is 2.45. The molecule has 0 bridgehead atoms. The summed E-state index contributed by atoms with van der Waals surface area (Å²) < 4.78 is 5.61. The number of amides is 2. The average molecular weight is 449 g/mol. The first kappa shape index (κ1) is 21.5. The maximum atomic E-state index is 12.8. The summed E-state index contributed by atoms with van der Waals surface area (Å²) in [5.74, 6) is -1.22. The summed E-state index contributed by atoms with van der Waals surface area (Å²) in [4.78, 5) is 36.9. The lowest BCUT2D eigenvalue weighted by Gasteiger charge is -2.33. The minimum absolute atomic E-state index is 0.0467. The van der Waals surface area contributed by atoms with Crippen molar-refractivity contribution >= 4 is 18.0 Å². The Hall–Kier alpha value is -3.35. The van der Waals surface area contributed by atoms with E-state index in [1.54, 1.807) is 0 Å². The molecule has 7 heteroatoms. The number of carbonyl (C=O) groups excluding carboxylic acids is 2. The second-order valence-corrected chi connectivity index (χ2v) is 9.44. The number of nitrogens with one attached hydrogen (secondary N) is 2. The Balaban J connectivity index is 1.22. The lowest BCUT2D eigenvalue weighted by Crippen LogP contribution is -2.53. The molecule has 7 nitrogen and oxygen atoms in total. The van der Waals surface area contributed by atoms with Crippen molar-refractivity contribution in [3.05, 3.63) is 59.7 Å². The highest BCUT2D eigenvalue weighted by molar-refractivity contribution is 5.87. The zero-order valence-electron chi connectivity index (χ0n) is 18.4. The van der Waals surface area contributed by atoms with Gasteiger partial charge in [-0.3, -0.25) is 9.59 Å². The molecule has 2 aromatic carbocycles. The van der Waals surface area contributed by atoms with Crippen LogP contribution in [0.1, 0.15) is 49.1 Å².